The second-order valence-corrected chi connectivity index (χ2v) is 3.51. The maximum absolute atomic E-state index is 11.5. The fraction of sp³-hybridized carbons (Fsp3) is 0.400. The van der Waals surface area contributed by atoms with Crippen LogP contribution in [0.5, 0.6) is 0 Å². The van der Waals surface area contributed by atoms with Gasteiger partial charge in [-0.1, -0.05) is 0 Å². The summed E-state index contributed by atoms with van der Waals surface area (Å²) in [4.78, 5) is 45.2. The number of hydrogen-bond donors (Lipinski definition) is 3. The Morgan fingerprint density at radius 1 is 1.56 bits per heavy atom. The summed E-state index contributed by atoms with van der Waals surface area (Å²) in [6.07, 6.45) is 4.78. The van der Waals surface area contributed by atoms with Crippen molar-refractivity contribution >= 4 is 23.8 Å². The van der Waals surface area contributed by atoms with Gasteiger partial charge in [-0.05, 0) is 0 Å². The van der Waals surface area contributed by atoms with Crippen molar-refractivity contribution in [2.75, 3.05) is 13.1 Å². The third-order valence-corrected chi connectivity index (χ3v) is 2.19. The summed E-state index contributed by atoms with van der Waals surface area (Å²) in [6.45, 7) is -0.697. The molecule has 18 heavy (non-hydrogen) atoms. The van der Waals surface area contributed by atoms with Crippen molar-refractivity contribution in [3.63, 3.8) is 0 Å². The normalized spacial score (nSPS) is 15.8. The maximum Gasteiger partial charge on any atom is 0.327 e. The van der Waals surface area contributed by atoms with Gasteiger partial charge in [-0.3, -0.25) is 14.5 Å². The highest BCUT2D eigenvalue weighted by atomic mass is 16.4. The summed E-state index contributed by atoms with van der Waals surface area (Å²) in [5.74, 6) is -0.473. The number of carboxylic acid groups (broad SMARTS) is 1. The van der Waals surface area contributed by atoms with Crippen LogP contribution in [0.3, 0.4) is 0 Å². The lowest BCUT2D eigenvalue weighted by atomic mass is 10.2. The molecule has 0 aromatic heterocycles. The van der Waals surface area contributed by atoms with Crippen molar-refractivity contribution < 1.29 is 24.3 Å². The van der Waals surface area contributed by atoms with E-state index in [0.717, 1.165) is 0 Å². The summed E-state index contributed by atoms with van der Waals surface area (Å²) < 4.78 is 0. The van der Waals surface area contributed by atoms with Gasteiger partial charge in [0.2, 0.25) is 5.91 Å². The van der Waals surface area contributed by atoms with E-state index >= 15 is 0 Å². The molecule has 0 bridgehead atoms. The highest BCUT2D eigenvalue weighted by molar-refractivity contribution is 6.04. The van der Waals surface area contributed by atoms with Gasteiger partial charge in [0.15, 0.2) is 0 Å². The van der Waals surface area contributed by atoms with Crippen molar-refractivity contribution in [3.05, 3.63) is 0 Å². The number of rotatable bonds is 5. The predicted octanol–water partition coefficient (Wildman–Crippen LogP) is -1.87. The van der Waals surface area contributed by atoms with E-state index in [2.05, 4.69) is 16.6 Å². The zero-order valence-electron chi connectivity index (χ0n) is 9.30. The van der Waals surface area contributed by atoms with E-state index in [1.807, 2.05) is 0 Å². The SMILES string of the molecule is C#CCC(NC(=O)CN1C(=O)CNC1=O)C(=O)O. The Balaban J connectivity index is 2.55. The maximum atomic E-state index is 11.5. The van der Waals surface area contributed by atoms with Crippen molar-refractivity contribution in [2.45, 2.75) is 12.5 Å². The molecule has 8 nitrogen and oxygen atoms in total. The second-order valence-electron chi connectivity index (χ2n) is 3.51. The summed E-state index contributed by atoms with van der Waals surface area (Å²) in [5, 5.41) is 13.1. The standard InChI is InChI=1S/C10H11N3O5/c1-2-3-6(9(16)17)12-7(14)5-13-8(15)4-11-10(13)18/h1,6H,3-5H2,(H,11,18)(H,12,14)(H,16,17). The zero-order valence-corrected chi connectivity index (χ0v) is 9.30. The molecule has 4 amide bonds. The second kappa shape index (κ2) is 5.67. The lowest BCUT2D eigenvalue weighted by Gasteiger charge is -2.15. The van der Waals surface area contributed by atoms with Crippen LogP contribution in [0.2, 0.25) is 0 Å². The Morgan fingerprint density at radius 2 is 2.22 bits per heavy atom. The molecule has 1 saturated heterocycles. The number of urea groups is 1. The molecule has 8 heteroatoms. The highest BCUT2D eigenvalue weighted by Crippen LogP contribution is 1.99. The van der Waals surface area contributed by atoms with E-state index in [0.29, 0.717) is 4.90 Å². The van der Waals surface area contributed by atoms with E-state index in [-0.39, 0.29) is 13.0 Å². The number of nitrogens with zero attached hydrogens (tertiary/aromatic N) is 1. The first-order valence-electron chi connectivity index (χ1n) is 4.99. The number of carbonyl (C=O) groups is 4. The van der Waals surface area contributed by atoms with Gasteiger partial charge in [-0.25, -0.2) is 9.59 Å². The molecular formula is C10H11N3O5. The Hall–Kier alpha value is -2.56. The lowest BCUT2D eigenvalue weighted by Crippen LogP contribution is -2.47. The van der Waals surface area contributed by atoms with Gasteiger partial charge in [0.25, 0.3) is 5.91 Å². The minimum Gasteiger partial charge on any atom is -0.480 e. The molecule has 1 aliphatic rings. The van der Waals surface area contributed by atoms with Crippen LogP contribution in [-0.2, 0) is 14.4 Å². The van der Waals surface area contributed by atoms with Crippen LogP contribution < -0.4 is 10.6 Å². The van der Waals surface area contributed by atoms with Crippen molar-refractivity contribution in [1.82, 2.24) is 15.5 Å². The number of nitrogens with one attached hydrogen (secondary N) is 2. The average Bonchev–Trinajstić information content (AvgIpc) is 2.60. The van der Waals surface area contributed by atoms with Crippen LogP contribution in [0.15, 0.2) is 0 Å². The molecule has 0 aromatic rings. The number of carboxylic acids is 1. The topological polar surface area (TPSA) is 116 Å². The molecule has 96 valence electrons. The van der Waals surface area contributed by atoms with E-state index in [1.165, 1.54) is 0 Å². The summed E-state index contributed by atoms with van der Waals surface area (Å²) in [7, 11) is 0. The molecule has 1 heterocycles. The molecule has 1 rings (SSSR count). The molecule has 3 N–H and O–H groups in total. The van der Waals surface area contributed by atoms with E-state index in [1.54, 1.807) is 0 Å². The van der Waals surface area contributed by atoms with Crippen molar-refractivity contribution in [2.24, 2.45) is 0 Å². The molecule has 0 radical (unpaired) electrons. The summed E-state index contributed by atoms with van der Waals surface area (Å²) in [5.41, 5.74) is 0. The van der Waals surface area contributed by atoms with Gasteiger partial charge < -0.3 is 15.7 Å². The Kier molecular flexibility index (Phi) is 4.26. The van der Waals surface area contributed by atoms with Gasteiger partial charge in [0.1, 0.15) is 12.6 Å². The lowest BCUT2D eigenvalue weighted by molar-refractivity contribution is -0.141. The number of imide groups is 1. The third kappa shape index (κ3) is 3.21. The van der Waals surface area contributed by atoms with Gasteiger partial charge >= 0.3 is 12.0 Å². The quantitative estimate of drug-likeness (QED) is 0.392. The monoisotopic (exact) mass is 253 g/mol. The molecule has 0 saturated carbocycles. The highest BCUT2D eigenvalue weighted by Gasteiger charge is 2.31. The fourth-order valence-corrected chi connectivity index (χ4v) is 1.32. The smallest absolute Gasteiger partial charge is 0.327 e. The number of aliphatic carboxylic acids is 1. The first-order chi connectivity index (χ1) is 8.45. The molecule has 0 aromatic carbocycles. The van der Waals surface area contributed by atoms with E-state index < -0.39 is 36.4 Å². The largest absolute Gasteiger partial charge is 0.480 e. The van der Waals surface area contributed by atoms with Crippen LogP contribution in [-0.4, -0.2) is 53.0 Å². The average molecular weight is 253 g/mol. The minimum atomic E-state index is -1.28. The first-order valence-corrected chi connectivity index (χ1v) is 4.99. The predicted molar refractivity (Wildman–Crippen MR) is 58.1 cm³/mol. The molecule has 0 aliphatic carbocycles. The summed E-state index contributed by atoms with van der Waals surface area (Å²) >= 11 is 0. The molecular weight excluding hydrogens is 242 g/mol. The number of hydrogen-bond acceptors (Lipinski definition) is 4. The van der Waals surface area contributed by atoms with E-state index in [9.17, 15) is 19.2 Å². The van der Waals surface area contributed by atoms with Gasteiger partial charge in [0.05, 0.1) is 6.54 Å². The zero-order chi connectivity index (χ0) is 13.7. The molecule has 1 unspecified atom stereocenters. The Bertz CT molecular complexity index is 423. The third-order valence-electron chi connectivity index (χ3n) is 2.19. The van der Waals surface area contributed by atoms with Crippen LogP contribution >= 0.6 is 0 Å². The van der Waals surface area contributed by atoms with Gasteiger partial charge in [0, 0.05) is 6.42 Å². The van der Waals surface area contributed by atoms with Gasteiger partial charge in [-0.15, -0.1) is 12.3 Å². The Labute approximate surface area is 102 Å². The fourth-order valence-electron chi connectivity index (χ4n) is 1.32. The summed E-state index contributed by atoms with van der Waals surface area (Å²) in [6, 6.07) is -1.91. The number of amides is 4. The number of carbonyl (C=O) groups excluding carboxylic acids is 3. The molecule has 0 spiro atoms. The van der Waals surface area contributed by atoms with Crippen LogP contribution in [0.25, 0.3) is 0 Å². The molecule has 1 fully saturated rings. The van der Waals surface area contributed by atoms with Crippen LogP contribution in [0.1, 0.15) is 6.42 Å². The number of terminal acetylenes is 1. The Morgan fingerprint density at radius 3 is 2.67 bits per heavy atom. The van der Waals surface area contributed by atoms with E-state index in [4.69, 9.17) is 11.5 Å². The molecule has 1 atom stereocenters. The van der Waals surface area contributed by atoms with Crippen molar-refractivity contribution in [1.29, 1.82) is 0 Å². The van der Waals surface area contributed by atoms with Gasteiger partial charge in [-0.2, -0.15) is 0 Å². The van der Waals surface area contributed by atoms with Crippen LogP contribution in [0, 0.1) is 12.3 Å². The minimum absolute atomic E-state index is 0.168. The van der Waals surface area contributed by atoms with Crippen molar-refractivity contribution in [3.8, 4) is 12.3 Å². The van der Waals surface area contributed by atoms with Crippen LogP contribution in [0.4, 0.5) is 4.79 Å². The molecule has 1 aliphatic heterocycles. The first kappa shape index (κ1) is 13.5.